The third kappa shape index (κ3) is 1.43. The average molecular weight is 231 g/mol. The molecule has 0 aliphatic heterocycles. The van der Waals surface area contributed by atoms with E-state index in [0.717, 1.165) is 0 Å². The summed E-state index contributed by atoms with van der Waals surface area (Å²) in [5.74, 6) is 0. The molecule has 3 rings (SSSR count). The van der Waals surface area contributed by atoms with Gasteiger partial charge in [-0.3, -0.25) is 0 Å². The van der Waals surface area contributed by atoms with E-state index in [1.54, 1.807) is 24.3 Å². The highest BCUT2D eigenvalue weighted by Crippen LogP contribution is 2.17. The molecule has 0 atom stereocenters. The summed E-state index contributed by atoms with van der Waals surface area (Å²) in [6, 6.07) is 10.9. The summed E-state index contributed by atoms with van der Waals surface area (Å²) in [7, 11) is 0. The van der Waals surface area contributed by atoms with Gasteiger partial charge in [0, 0.05) is 6.20 Å². The molecule has 0 saturated carbocycles. The molecule has 0 radical (unpaired) electrons. The molecule has 0 spiro atoms. The Hall–Kier alpha value is -3.05. The molecule has 5 nitrogen and oxygen atoms in total. The number of hydrogen-bond acceptors (Lipinski definition) is 5. The van der Waals surface area contributed by atoms with Crippen molar-refractivity contribution in [3.63, 3.8) is 0 Å². The van der Waals surface area contributed by atoms with Gasteiger partial charge in [-0.15, -0.1) is 0 Å². The smallest absolute Gasteiger partial charge is 0.180 e. The van der Waals surface area contributed by atoms with E-state index < -0.39 is 0 Å². The van der Waals surface area contributed by atoms with Gasteiger partial charge in [-0.05, 0) is 24.3 Å². The van der Waals surface area contributed by atoms with Gasteiger partial charge in [0.15, 0.2) is 5.65 Å². The van der Waals surface area contributed by atoms with E-state index in [1.165, 1.54) is 6.20 Å². The minimum absolute atomic E-state index is 0.409. The van der Waals surface area contributed by atoms with Crippen LogP contribution in [0.15, 0.2) is 30.5 Å². The number of nitrogens with zero attached hydrogens (tertiary/aromatic N) is 5. The van der Waals surface area contributed by atoms with Crippen LogP contribution in [0.5, 0.6) is 0 Å². The van der Waals surface area contributed by atoms with Gasteiger partial charge in [-0.25, -0.2) is 15.0 Å². The second-order valence-corrected chi connectivity index (χ2v) is 3.68. The zero-order valence-corrected chi connectivity index (χ0v) is 9.12. The number of hydrogen-bond donors (Lipinski definition) is 0. The van der Waals surface area contributed by atoms with E-state index >= 15 is 0 Å². The second-order valence-electron chi connectivity index (χ2n) is 3.68. The number of nitriles is 2. The summed E-state index contributed by atoms with van der Waals surface area (Å²) in [6.45, 7) is 0. The van der Waals surface area contributed by atoms with Crippen LogP contribution < -0.4 is 0 Å². The van der Waals surface area contributed by atoms with Crippen molar-refractivity contribution in [2.75, 3.05) is 0 Å². The molecule has 2 heterocycles. The SMILES string of the molecule is N#Cc1ccc2nc3ncc(C#N)c3nc2cc1. The van der Waals surface area contributed by atoms with Gasteiger partial charge in [0.2, 0.25) is 0 Å². The normalized spacial score (nSPS) is 10.1. The lowest BCUT2D eigenvalue weighted by Crippen LogP contribution is -1.84. The maximum Gasteiger partial charge on any atom is 0.180 e. The molecule has 0 fully saturated rings. The molecule has 0 bridgehead atoms. The van der Waals surface area contributed by atoms with Crippen LogP contribution in [0.2, 0.25) is 0 Å². The van der Waals surface area contributed by atoms with Gasteiger partial charge in [0.05, 0.1) is 28.2 Å². The lowest BCUT2D eigenvalue weighted by atomic mass is 10.3. The second kappa shape index (κ2) is 3.76. The van der Waals surface area contributed by atoms with Crippen molar-refractivity contribution in [3.05, 3.63) is 41.6 Å². The van der Waals surface area contributed by atoms with Gasteiger partial charge in [0.25, 0.3) is 0 Å². The van der Waals surface area contributed by atoms with Crippen LogP contribution in [0, 0.1) is 22.7 Å². The summed E-state index contributed by atoms with van der Waals surface area (Å²) >= 11 is 0. The molecule has 18 heavy (non-hydrogen) atoms. The maximum atomic E-state index is 8.93. The highest BCUT2D eigenvalue weighted by atomic mass is 14.9. The molecule has 1 aromatic carbocycles. The predicted octanol–water partition coefficient (Wildman–Crippen LogP) is 1.92. The Morgan fingerprint density at radius 1 is 0.889 bits per heavy atom. The Morgan fingerprint density at radius 2 is 1.61 bits per heavy atom. The molecular weight excluding hydrogens is 226 g/mol. The summed E-state index contributed by atoms with van der Waals surface area (Å²) in [5.41, 5.74) is 3.16. The number of rotatable bonds is 0. The Morgan fingerprint density at radius 3 is 2.28 bits per heavy atom. The molecule has 5 heteroatoms. The molecule has 3 aromatic rings. The minimum Gasteiger partial charge on any atom is -0.241 e. The Bertz CT molecular complexity index is 855. The van der Waals surface area contributed by atoms with Crippen LogP contribution in [0.25, 0.3) is 22.2 Å². The van der Waals surface area contributed by atoms with Crippen LogP contribution in [-0.4, -0.2) is 15.0 Å². The highest BCUT2D eigenvalue weighted by molar-refractivity contribution is 5.87. The van der Waals surface area contributed by atoms with Crippen LogP contribution >= 0.6 is 0 Å². The van der Waals surface area contributed by atoms with Crippen molar-refractivity contribution in [1.29, 1.82) is 10.5 Å². The monoisotopic (exact) mass is 231 g/mol. The molecule has 0 unspecified atom stereocenters. The van der Waals surface area contributed by atoms with Crippen molar-refractivity contribution in [2.45, 2.75) is 0 Å². The lowest BCUT2D eigenvalue weighted by molar-refractivity contribution is 1.34. The van der Waals surface area contributed by atoms with Gasteiger partial charge in [-0.1, -0.05) is 0 Å². The Labute approximate surface area is 102 Å². The first-order chi connectivity index (χ1) is 8.81. The van der Waals surface area contributed by atoms with E-state index in [-0.39, 0.29) is 0 Å². The summed E-state index contributed by atoms with van der Waals surface area (Å²) < 4.78 is 0. The molecule has 0 N–H and O–H groups in total. The summed E-state index contributed by atoms with van der Waals surface area (Å²) in [5, 5.41) is 17.8. The highest BCUT2D eigenvalue weighted by Gasteiger charge is 2.08. The Balaban J connectivity index is 2.43. The van der Waals surface area contributed by atoms with Crippen molar-refractivity contribution < 1.29 is 0 Å². The van der Waals surface area contributed by atoms with Gasteiger partial charge in [0.1, 0.15) is 11.6 Å². The minimum atomic E-state index is 0.409. The largest absolute Gasteiger partial charge is 0.241 e. The van der Waals surface area contributed by atoms with E-state index in [0.29, 0.717) is 33.3 Å². The fourth-order valence-electron chi connectivity index (χ4n) is 1.70. The summed E-state index contributed by atoms with van der Waals surface area (Å²) in [6.07, 6.45) is 1.46. The number of aromatic nitrogens is 3. The third-order valence-electron chi connectivity index (χ3n) is 2.59. The first-order valence-corrected chi connectivity index (χ1v) is 5.18. The third-order valence-corrected chi connectivity index (χ3v) is 2.59. The van der Waals surface area contributed by atoms with E-state index in [1.807, 2.05) is 6.07 Å². The topological polar surface area (TPSA) is 86.2 Å². The van der Waals surface area contributed by atoms with Crippen LogP contribution in [-0.2, 0) is 0 Å². The number of fused-ring (bicyclic) bond motifs is 2. The lowest BCUT2D eigenvalue weighted by Gasteiger charge is -1.92. The van der Waals surface area contributed by atoms with Crippen LogP contribution in [0.3, 0.4) is 0 Å². The fourth-order valence-corrected chi connectivity index (χ4v) is 1.70. The van der Waals surface area contributed by atoms with Gasteiger partial charge >= 0.3 is 0 Å². The zero-order valence-electron chi connectivity index (χ0n) is 9.12. The molecule has 2 aromatic heterocycles. The standard InChI is InChI=1S/C13H5N5/c14-5-8-1-3-10-11(4-2-8)18-13-12(17-10)9(6-15)7-16-13/h1-4,7H. The first kappa shape index (κ1) is 10.1. The predicted molar refractivity (Wildman–Crippen MR) is 64.3 cm³/mol. The molecule has 0 aliphatic rings. The molecule has 0 saturated heterocycles. The van der Waals surface area contributed by atoms with Crippen molar-refractivity contribution in [1.82, 2.24) is 15.0 Å². The van der Waals surface area contributed by atoms with Crippen molar-refractivity contribution in [2.24, 2.45) is 0 Å². The van der Waals surface area contributed by atoms with Crippen LogP contribution in [0.4, 0.5) is 0 Å². The maximum absolute atomic E-state index is 8.93. The van der Waals surface area contributed by atoms with E-state index in [4.69, 9.17) is 10.5 Å². The quantitative estimate of drug-likeness (QED) is 0.589. The van der Waals surface area contributed by atoms with E-state index in [9.17, 15) is 0 Å². The molecule has 0 amide bonds. The van der Waals surface area contributed by atoms with Gasteiger partial charge in [-0.2, -0.15) is 10.5 Å². The fraction of sp³-hybridized carbons (Fsp3) is 0. The molecule has 82 valence electrons. The van der Waals surface area contributed by atoms with Crippen molar-refractivity contribution >= 4 is 22.2 Å². The van der Waals surface area contributed by atoms with Gasteiger partial charge < -0.3 is 0 Å². The Kier molecular flexibility index (Phi) is 2.11. The molecule has 0 aliphatic carbocycles. The summed E-state index contributed by atoms with van der Waals surface area (Å²) in [4.78, 5) is 12.7. The van der Waals surface area contributed by atoms with Crippen molar-refractivity contribution in [3.8, 4) is 12.1 Å². The van der Waals surface area contributed by atoms with E-state index in [2.05, 4.69) is 21.0 Å². The molecular formula is C13H5N5. The first-order valence-electron chi connectivity index (χ1n) is 5.18. The van der Waals surface area contributed by atoms with Crippen LogP contribution in [0.1, 0.15) is 11.1 Å². The average Bonchev–Trinajstić information content (AvgIpc) is 2.68. The zero-order chi connectivity index (χ0) is 12.5.